The van der Waals surface area contributed by atoms with E-state index in [0.29, 0.717) is 13.0 Å². The number of aryl methyl sites for hydroxylation is 2. The van der Waals surface area contributed by atoms with Crippen LogP contribution in [0.2, 0.25) is 0 Å². The quantitative estimate of drug-likeness (QED) is 0.614. The number of hydrogen-bond acceptors (Lipinski definition) is 2. The molecule has 2 N–H and O–H groups in total. The predicted octanol–water partition coefficient (Wildman–Crippen LogP) is 5.34. The van der Waals surface area contributed by atoms with Crippen molar-refractivity contribution in [3.05, 3.63) is 59.2 Å². The summed E-state index contributed by atoms with van der Waals surface area (Å²) in [7, 11) is 0. The summed E-state index contributed by atoms with van der Waals surface area (Å²) in [6.07, 6.45) is 4.86. The first-order valence-electron chi connectivity index (χ1n) is 10.3. The molecule has 1 aliphatic rings. The summed E-state index contributed by atoms with van der Waals surface area (Å²) in [5, 5.41) is 2.75. The minimum Gasteiger partial charge on any atom is -0.342 e. The topological polar surface area (TPSA) is 61.0 Å². The van der Waals surface area contributed by atoms with E-state index >= 15 is 0 Å². The second-order valence-electron chi connectivity index (χ2n) is 7.93. The molecule has 0 radical (unpaired) electrons. The van der Waals surface area contributed by atoms with E-state index < -0.39 is 5.82 Å². The first-order valence-corrected chi connectivity index (χ1v) is 10.3. The van der Waals surface area contributed by atoms with Gasteiger partial charge in [0.25, 0.3) is 0 Å². The summed E-state index contributed by atoms with van der Waals surface area (Å²) in [6, 6.07) is 10.4. The standard InChI is InChI=1S/C23H27FN4O/c1-15-13-20-21(14-16(15)2)26-22(25-20)11-12-28(17-7-3-4-8-17)23(29)27-19-10-6-5-9-18(19)24/h5-6,9-10,13-14,17H,3-4,7-8,11-12H2,1-2H3,(H,25,26)(H,27,29). The van der Waals surface area contributed by atoms with Crippen LogP contribution in [0.4, 0.5) is 14.9 Å². The molecule has 5 nitrogen and oxygen atoms in total. The number of carbonyl (C=O) groups excluding carboxylic acids is 1. The first kappa shape index (κ1) is 19.4. The third-order valence-electron chi connectivity index (χ3n) is 5.88. The van der Waals surface area contributed by atoms with Crippen molar-refractivity contribution in [2.45, 2.75) is 52.0 Å². The van der Waals surface area contributed by atoms with Gasteiger partial charge in [-0.05, 0) is 62.1 Å². The van der Waals surface area contributed by atoms with Crippen LogP contribution in [0.1, 0.15) is 42.6 Å². The normalized spacial score (nSPS) is 14.4. The number of hydrogen-bond donors (Lipinski definition) is 2. The molecule has 1 fully saturated rings. The SMILES string of the molecule is Cc1cc2nc(CCN(C(=O)Nc3ccccc3F)C3CCCC3)[nH]c2cc1C. The molecular weight excluding hydrogens is 367 g/mol. The van der Waals surface area contributed by atoms with Crippen molar-refractivity contribution in [3.63, 3.8) is 0 Å². The molecule has 0 spiro atoms. The van der Waals surface area contributed by atoms with E-state index in [2.05, 4.69) is 36.3 Å². The maximum atomic E-state index is 14.0. The zero-order valence-corrected chi connectivity index (χ0v) is 17.0. The van der Waals surface area contributed by atoms with Gasteiger partial charge in [0, 0.05) is 19.0 Å². The molecule has 0 bridgehead atoms. The Balaban J connectivity index is 1.50. The van der Waals surface area contributed by atoms with Crippen molar-refractivity contribution in [2.24, 2.45) is 0 Å². The van der Waals surface area contributed by atoms with E-state index in [9.17, 15) is 9.18 Å². The average Bonchev–Trinajstić information content (AvgIpc) is 3.34. The first-order chi connectivity index (χ1) is 14.0. The number of fused-ring (bicyclic) bond motifs is 1. The number of halogens is 1. The number of urea groups is 1. The molecule has 3 aromatic rings. The molecule has 2 aromatic carbocycles. The number of imidazole rings is 1. The lowest BCUT2D eigenvalue weighted by Crippen LogP contribution is -2.43. The van der Waals surface area contributed by atoms with Gasteiger partial charge in [-0.1, -0.05) is 25.0 Å². The molecule has 6 heteroatoms. The fourth-order valence-electron chi connectivity index (χ4n) is 4.08. The van der Waals surface area contributed by atoms with Crippen LogP contribution in [0.5, 0.6) is 0 Å². The lowest BCUT2D eigenvalue weighted by molar-refractivity contribution is 0.189. The second kappa shape index (κ2) is 8.23. The Bertz CT molecular complexity index is 984. The van der Waals surface area contributed by atoms with Gasteiger partial charge in [-0.25, -0.2) is 14.2 Å². The Morgan fingerprint density at radius 3 is 2.69 bits per heavy atom. The predicted molar refractivity (Wildman–Crippen MR) is 114 cm³/mol. The van der Waals surface area contributed by atoms with Crippen molar-refractivity contribution in [1.29, 1.82) is 0 Å². The molecular formula is C23H27FN4O. The van der Waals surface area contributed by atoms with Crippen LogP contribution >= 0.6 is 0 Å². The van der Waals surface area contributed by atoms with Gasteiger partial charge in [-0.15, -0.1) is 0 Å². The number of aromatic nitrogens is 2. The summed E-state index contributed by atoms with van der Waals surface area (Å²) in [5.74, 6) is 0.446. The Morgan fingerprint density at radius 2 is 1.93 bits per heavy atom. The molecule has 0 atom stereocenters. The van der Waals surface area contributed by atoms with E-state index in [1.165, 1.54) is 17.2 Å². The fourth-order valence-corrected chi connectivity index (χ4v) is 4.08. The number of aromatic amines is 1. The highest BCUT2D eigenvalue weighted by molar-refractivity contribution is 5.89. The molecule has 0 saturated heterocycles. The third-order valence-corrected chi connectivity index (χ3v) is 5.88. The van der Waals surface area contributed by atoms with E-state index in [1.807, 2.05) is 4.90 Å². The van der Waals surface area contributed by atoms with Crippen LogP contribution < -0.4 is 5.32 Å². The summed E-state index contributed by atoms with van der Waals surface area (Å²) < 4.78 is 14.0. The average molecular weight is 394 g/mol. The van der Waals surface area contributed by atoms with Crippen molar-refractivity contribution >= 4 is 22.8 Å². The maximum Gasteiger partial charge on any atom is 0.322 e. The van der Waals surface area contributed by atoms with Crippen molar-refractivity contribution < 1.29 is 9.18 Å². The second-order valence-corrected chi connectivity index (χ2v) is 7.93. The van der Waals surface area contributed by atoms with Gasteiger partial charge in [0.2, 0.25) is 0 Å². The maximum absolute atomic E-state index is 14.0. The smallest absolute Gasteiger partial charge is 0.322 e. The number of rotatable bonds is 5. The highest BCUT2D eigenvalue weighted by Crippen LogP contribution is 2.25. The van der Waals surface area contributed by atoms with Crippen molar-refractivity contribution in [3.8, 4) is 0 Å². The number of amides is 2. The van der Waals surface area contributed by atoms with Crippen LogP contribution in [-0.4, -0.2) is 33.5 Å². The van der Waals surface area contributed by atoms with Crippen LogP contribution in [0.25, 0.3) is 11.0 Å². The number of carbonyl (C=O) groups is 1. The molecule has 1 aromatic heterocycles. The highest BCUT2D eigenvalue weighted by atomic mass is 19.1. The molecule has 2 amide bonds. The van der Waals surface area contributed by atoms with Crippen LogP contribution in [0.15, 0.2) is 36.4 Å². The van der Waals surface area contributed by atoms with Crippen LogP contribution in [0.3, 0.4) is 0 Å². The van der Waals surface area contributed by atoms with Gasteiger partial charge in [-0.2, -0.15) is 0 Å². The monoisotopic (exact) mass is 394 g/mol. The number of anilines is 1. The molecule has 29 heavy (non-hydrogen) atoms. The van der Waals surface area contributed by atoms with Gasteiger partial charge in [0.15, 0.2) is 0 Å². The molecule has 1 saturated carbocycles. The minimum absolute atomic E-state index is 0.190. The van der Waals surface area contributed by atoms with E-state index in [0.717, 1.165) is 42.5 Å². The summed E-state index contributed by atoms with van der Waals surface area (Å²) in [6.45, 7) is 4.71. The number of nitrogens with zero attached hydrogens (tertiary/aromatic N) is 2. The number of nitrogens with one attached hydrogen (secondary N) is 2. The molecule has 4 rings (SSSR count). The van der Waals surface area contributed by atoms with Gasteiger partial charge in [0.1, 0.15) is 11.6 Å². The Kier molecular flexibility index (Phi) is 5.51. The molecule has 152 valence electrons. The summed E-state index contributed by atoms with van der Waals surface area (Å²) in [5.41, 5.74) is 4.63. The highest BCUT2D eigenvalue weighted by Gasteiger charge is 2.27. The fraction of sp³-hybridized carbons (Fsp3) is 0.391. The van der Waals surface area contributed by atoms with E-state index in [4.69, 9.17) is 4.98 Å². The summed E-state index contributed by atoms with van der Waals surface area (Å²) >= 11 is 0. The van der Waals surface area contributed by atoms with E-state index in [1.54, 1.807) is 18.2 Å². The van der Waals surface area contributed by atoms with Crippen LogP contribution in [-0.2, 0) is 6.42 Å². The van der Waals surface area contributed by atoms with Gasteiger partial charge < -0.3 is 15.2 Å². The van der Waals surface area contributed by atoms with Gasteiger partial charge >= 0.3 is 6.03 Å². The Hall–Kier alpha value is -2.89. The molecule has 1 heterocycles. The van der Waals surface area contributed by atoms with Crippen LogP contribution in [0, 0.1) is 19.7 Å². The largest absolute Gasteiger partial charge is 0.342 e. The van der Waals surface area contributed by atoms with Gasteiger partial charge in [0.05, 0.1) is 16.7 Å². The third kappa shape index (κ3) is 4.26. The van der Waals surface area contributed by atoms with Gasteiger partial charge in [-0.3, -0.25) is 0 Å². The molecule has 0 aliphatic heterocycles. The zero-order chi connectivity index (χ0) is 20.4. The van der Waals surface area contributed by atoms with Crippen molar-refractivity contribution in [1.82, 2.24) is 14.9 Å². The number of H-pyrrole nitrogens is 1. The summed E-state index contributed by atoms with van der Waals surface area (Å²) in [4.78, 5) is 22.9. The minimum atomic E-state index is -0.421. The Morgan fingerprint density at radius 1 is 1.21 bits per heavy atom. The lowest BCUT2D eigenvalue weighted by Gasteiger charge is -2.29. The number of benzene rings is 2. The van der Waals surface area contributed by atoms with Crippen molar-refractivity contribution in [2.75, 3.05) is 11.9 Å². The number of para-hydroxylation sites is 1. The molecule has 1 aliphatic carbocycles. The zero-order valence-electron chi connectivity index (χ0n) is 17.0. The molecule has 0 unspecified atom stereocenters. The van der Waals surface area contributed by atoms with E-state index in [-0.39, 0.29) is 17.8 Å². The lowest BCUT2D eigenvalue weighted by atomic mass is 10.1. The Labute approximate surface area is 170 Å².